The fraction of sp³-hybridized carbons (Fsp3) is 0.286. The van der Waals surface area contributed by atoms with Crippen LogP contribution in [0, 0.1) is 0 Å². The molecule has 4 rings (SSSR count). The topological polar surface area (TPSA) is 34.6 Å². The second-order valence-electron chi connectivity index (χ2n) is 6.59. The molecule has 0 bridgehead atoms. The smallest absolute Gasteiger partial charge is 0.161 e. The third kappa shape index (κ3) is 4.03. The van der Waals surface area contributed by atoms with E-state index in [1.165, 1.54) is 11.1 Å². The molecule has 140 valence electrons. The average molecular weight is 445 g/mol. The number of hydrogen-bond donors (Lipinski definition) is 0. The maximum Gasteiger partial charge on any atom is 0.161 e. The molecule has 2 heterocycles. The zero-order valence-corrected chi connectivity index (χ0v) is 17.8. The van der Waals surface area contributed by atoms with Crippen molar-refractivity contribution in [3.63, 3.8) is 0 Å². The number of aromatic nitrogens is 1. The lowest BCUT2D eigenvalue weighted by atomic mass is 9.98. The highest BCUT2D eigenvalue weighted by Crippen LogP contribution is 2.34. The largest absolute Gasteiger partial charge is 0.493 e. The molecule has 0 atom stereocenters. The predicted molar refractivity (Wildman–Crippen MR) is 113 cm³/mol. The Morgan fingerprint density at radius 3 is 2.63 bits per heavy atom. The van der Waals surface area contributed by atoms with Crippen LogP contribution in [0.4, 0.5) is 0 Å². The Morgan fingerprint density at radius 1 is 1.11 bits per heavy atom. The SMILES string of the molecule is COc1cc2c(cc1OC)CN(Cc1csc(-c3cccc(Br)c3)n1)CC2. The van der Waals surface area contributed by atoms with E-state index in [0.717, 1.165) is 58.3 Å². The molecule has 0 radical (unpaired) electrons. The van der Waals surface area contributed by atoms with Gasteiger partial charge in [0.2, 0.25) is 0 Å². The molecule has 0 aliphatic carbocycles. The van der Waals surface area contributed by atoms with Gasteiger partial charge in [-0.3, -0.25) is 4.90 Å². The summed E-state index contributed by atoms with van der Waals surface area (Å²) in [6.07, 6.45) is 1.01. The highest BCUT2D eigenvalue weighted by molar-refractivity contribution is 9.10. The number of nitrogens with zero attached hydrogens (tertiary/aromatic N) is 2. The van der Waals surface area contributed by atoms with Crippen molar-refractivity contribution in [2.24, 2.45) is 0 Å². The predicted octanol–water partition coefficient (Wildman–Crippen LogP) is 5.15. The van der Waals surface area contributed by atoms with Gasteiger partial charge in [0.05, 0.1) is 19.9 Å². The molecule has 0 saturated heterocycles. The van der Waals surface area contributed by atoms with E-state index >= 15 is 0 Å². The first kappa shape index (κ1) is 18.5. The van der Waals surface area contributed by atoms with E-state index in [2.05, 4.69) is 50.5 Å². The maximum atomic E-state index is 5.46. The number of fused-ring (bicyclic) bond motifs is 1. The van der Waals surface area contributed by atoms with Crippen LogP contribution >= 0.6 is 27.3 Å². The molecule has 0 spiro atoms. The minimum Gasteiger partial charge on any atom is -0.493 e. The number of thiazole rings is 1. The summed E-state index contributed by atoms with van der Waals surface area (Å²) >= 11 is 5.23. The van der Waals surface area contributed by atoms with Crippen molar-refractivity contribution in [3.05, 3.63) is 63.1 Å². The molecular formula is C21H21BrN2O2S. The van der Waals surface area contributed by atoms with Crippen molar-refractivity contribution >= 4 is 27.3 Å². The first-order chi connectivity index (χ1) is 13.2. The molecule has 1 aliphatic rings. The number of hydrogen-bond acceptors (Lipinski definition) is 5. The van der Waals surface area contributed by atoms with Crippen LogP contribution in [-0.4, -0.2) is 30.6 Å². The quantitative estimate of drug-likeness (QED) is 0.544. The van der Waals surface area contributed by atoms with Crippen LogP contribution < -0.4 is 9.47 Å². The van der Waals surface area contributed by atoms with E-state index in [-0.39, 0.29) is 0 Å². The molecule has 1 aliphatic heterocycles. The summed E-state index contributed by atoms with van der Waals surface area (Å²) in [5.41, 5.74) is 4.93. The van der Waals surface area contributed by atoms with Crippen LogP contribution in [-0.2, 0) is 19.5 Å². The van der Waals surface area contributed by atoms with Crippen LogP contribution in [0.2, 0.25) is 0 Å². The van der Waals surface area contributed by atoms with E-state index in [0.29, 0.717) is 0 Å². The summed E-state index contributed by atoms with van der Waals surface area (Å²) in [4.78, 5) is 7.28. The van der Waals surface area contributed by atoms with Crippen molar-refractivity contribution in [1.82, 2.24) is 9.88 Å². The molecule has 0 saturated carbocycles. The summed E-state index contributed by atoms with van der Waals surface area (Å²) < 4.78 is 12.0. The zero-order chi connectivity index (χ0) is 18.8. The number of rotatable bonds is 5. The molecule has 0 unspecified atom stereocenters. The van der Waals surface area contributed by atoms with Gasteiger partial charge in [-0.05, 0) is 41.8 Å². The second kappa shape index (κ2) is 8.00. The van der Waals surface area contributed by atoms with E-state index in [4.69, 9.17) is 14.5 Å². The standard InChI is InChI=1S/C21H21BrN2O2S/c1-25-19-9-14-6-7-24(11-16(14)10-20(19)26-2)12-18-13-27-21(23-18)15-4-3-5-17(22)8-15/h3-5,8-10,13H,6-7,11-12H2,1-2H3. The van der Waals surface area contributed by atoms with Gasteiger partial charge in [0.25, 0.3) is 0 Å². The second-order valence-corrected chi connectivity index (χ2v) is 8.36. The van der Waals surface area contributed by atoms with Gasteiger partial charge in [-0.1, -0.05) is 28.1 Å². The molecule has 3 aromatic rings. The Kier molecular flexibility index (Phi) is 5.48. The Bertz CT molecular complexity index is 957. The lowest BCUT2D eigenvalue weighted by Crippen LogP contribution is -2.30. The minimum absolute atomic E-state index is 0.795. The Balaban J connectivity index is 1.49. The molecular weight excluding hydrogens is 424 g/mol. The van der Waals surface area contributed by atoms with Crippen molar-refractivity contribution in [1.29, 1.82) is 0 Å². The van der Waals surface area contributed by atoms with E-state index < -0.39 is 0 Å². The van der Waals surface area contributed by atoms with Crippen molar-refractivity contribution < 1.29 is 9.47 Å². The van der Waals surface area contributed by atoms with Gasteiger partial charge in [0.15, 0.2) is 11.5 Å². The van der Waals surface area contributed by atoms with Crippen molar-refractivity contribution in [2.45, 2.75) is 19.5 Å². The summed E-state index contributed by atoms with van der Waals surface area (Å²) in [6.45, 7) is 2.78. The lowest BCUT2D eigenvalue weighted by molar-refractivity contribution is 0.242. The van der Waals surface area contributed by atoms with Gasteiger partial charge >= 0.3 is 0 Å². The van der Waals surface area contributed by atoms with Crippen LogP contribution in [0.1, 0.15) is 16.8 Å². The minimum atomic E-state index is 0.795. The molecule has 0 amide bonds. The van der Waals surface area contributed by atoms with Gasteiger partial charge in [-0.2, -0.15) is 0 Å². The molecule has 1 aromatic heterocycles. The third-order valence-electron chi connectivity index (χ3n) is 4.81. The first-order valence-electron chi connectivity index (χ1n) is 8.82. The summed E-state index contributed by atoms with van der Waals surface area (Å²) in [7, 11) is 3.37. The van der Waals surface area contributed by atoms with Gasteiger partial charge in [0.1, 0.15) is 5.01 Å². The summed E-state index contributed by atoms with van der Waals surface area (Å²) in [5.74, 6) is 1.60. The lowest BCUT2D eigenvalue weighted by Gasteiger charge is -2.29. The fourth-order valence-corrected chi connectivity index (χ4v) is 4.65. The normalized spacial score (nSPS) is 14.0. The number of benzene rings is 2. The average Bonchev–Trinajstić information content (AvgIpc) is 3.15. The van der Waals surface area contributed by atoms with Crippen LogP contribution in [0.15, 0.2) is 46.3 Å². The number of methoxy groups -OCH3 is 2. The highest BCUT2D eigenvalue weighted by Gasteiger charge is 2.20. The van der Waals surface area contributed by atoms with Gasteiger partial charge in [0, 0.05) is 35.1 Å². The van der Waals surface area contributed by atoms with E-state index in [1.54, 1.807) is 25.6 Å². The van der Waals surface area contributed by atoms with Crippen molar-refractivity contribution in [2.75, 3.05) is 20.8 Å². The fourth-order valence-electron chi connectivity index (χ4n) is 3.44. The van der Waals surface area contributed by atoms with Gasteiger partial charge in [-0.15, -0.1) is 11.3 Å². The van der Waals surface area contributed by atoms with Crippen LogP contribution in [0.25, 0.3) is 10.6 Å². The number of ether oxygens (including phenoxy) is 2. The van der Waals surface area contributed by atoms with Crippen LogP contribution in [0.3, 0.4) is 0 Å². The van der Waals surface area contributed by atoms with E-state index in [9.17, 15) is 0 Å². The van der Waals surface area contributed by atoms with Gasteiger partial charge < -0.3 is 9.47 Å². The Labute approximate surface area is 171 Å². The van der Waals surface area contributed by atoms with Gasteiger partial charge in [-0.25, -0.2) is 4.98 Å². The number of halogens is 1. The summed E-state index contributed by atoms with van der Waals surface area (Å²) in [5, 5.41) is 3.23. The third-order valence-corrected chi connectivity index (χ3v) is 6.24. The maximum absolute atomic E-state index is 5.46. The van der Waals surface area contributed by atoms with Crippen LogP contribution in [0.5, 0.6) is 11.5 Å². The molecule has 27 heavy (non-hydrogen) atoms. The first-order valence-corrected chi connectivity index (χ1v) is 10.5. The Morgan fingerprint density at radius 2 is 1.89 bits per heavy atom. The van der Waals surface area contributed by atoms with E-state index in [1.807, 2.05) is 12.1 Å². The summed E-state index contributed by atoms with van der Waals surface area (Å²) in [6, 6.07) is 12.5. The molecule has 0 N–H and O–H groups in total. The molecule has 4 nitrogen and oxygen atoms in total. The molecule has 0 fully saturated rings. The molecule has 2 aromatic carbocycles. The monoisotopic (exact) mass is 444 g/mol. The zero-order valence-electron chi connectivity index (χ0n) is 15.4. The Hall–Kier alpha value is -1.89. The highest BCUT2D eigenvalue weighted by atomic mass is 79.9. The van der Waals surface area contributed by atoms with Crippen molar-refractivity contribution in [3.8, 4) is 22.1 Å². The molecule has 6 heteroatoms.